The number of hydrogen-bond donors (Lipinski definition) is 3. The molecule has 240 valence electrons. The lowest BCUT2D eigenvalue weighted by molar-refractivity contribution is -0.143. The summed E-state index contributed by atoms with van der Waals surface area (Å²) in [7, 11) is 0. The normalized spacial score (nSPS) is 27.7. The van der Waals surface area contributed by atoms with Crippen molar-refractivity contribution in [1.82, 2.24) is 9.88 Å². The summed E-state index contributed by atoms with van der Waals surface area (Å²) >= 11 is 2.64. The number of thioether (sulfide) groups is 1. The molecule has 4 aliphatic rings. The van der Waals surface area contributed by atoms with Gasteiger partial charge in [0.25, 0.3) is 5.91 Å². The number of rotatable bonds is 8. The van der Waals surface area contributed by atoms with Crippen molar-refractivity contribution >= 4 is 52.5 Å². The third-order valence-electron chi connectivity index (χ3n) is 9.48. The summed E-state index contributed by atoms with van der Waals surface area (Å²) in [6.45, 7) is -0.679. The molecule has 10 nitrogen and oxygen atoms in total. The van der Waals surface area contributed by atoms with Crippen LogP contribution < -0.4 is 14.9 Å². The fourth-order valence-electron chi connectivity index (χ4n) is 7.83. The molecule has 3 N–H and O–H groups in total. The third kappa shape index (κ3) is 5.09. The molecule has 3 fully saturated rings. The molecule has 1 aromatic heterocycles. The smallest absolute Gasteiger partial charge is 0.418 e. The molecule has 2 aromatic carbocycles. The maximum atomic E-state index is 13.5. The molecule has 2 aliphatic heterocycles. The van der Waals surface area contributed by atoms with E-state index in [0.717, 1.165) is 43.8 Å². The van der Waals surface area contributed by atoms with Crippen LogP contribution in [-0.4, -0.2) is 57.1 Å². The zero-order valence-corrected chi connectivity index (χ0v) is 25.4. The fourth-order valence-corrected chi connectivity index (χ4v) is 10.7. The Morgan fingerprint density at radius 3 is 2.41 bits per heavy atom. The van der Waals surface area contributed by atoms with Crippen LogP contribution in [0.2, 0.25) is 0 Å². The molecule has 1 saturated heterocycles. The summed E-state index contributed by atoms with van der Waals surface area (Å²) < 4.78 is 45.4. The van der Waals surface area contributed by atoms with E-state index in [2.05, 4.69) is 10.3 Å². The van der Waals surface area contributed by atoms with E-state index in [1.54, 1.807) is 12.1 Å². The van der Waals surface area contributed by atoms with Crippen LogP contribution in [0.25, 0.3) is 0 Å². The van der Waals surface area contributed by atoms with E-state index >= 15 is 0 Å². The number of likely N-dealkylation sites (tertiary alicyclic amines) is 1. The Balaban J connectivity index is 1.10. The summed E-state index contributed by atoms with van der Waals surface area (Å²) in [6, 6.07) is 11.6. The molecule has 3 amide bonds. The van der Waals surface area contributed by atoms with Crippen LogP contribution in [-0.2, 0) is 25.4 Å². The second-order valence-corrected chi connectivity index (χ2v) is 14.1. The number of aromatic nitrogens is 1. The van der Waals surface area contributed by atoms with Crippen LogP contribution in [0.4, 0.5) is 18.9 Å². The first kappa shape index (κ1) is 30.5. The number of carbonyl (C=O) groups is 4. The molecule has 2 saturated carbocycles. The molecular formula is C31H26F3N3O7S2. The molecule has 7 rings (SSSR count). The molecular weight excluding hydrogens is 647 g/mol. The fraction of sp³-hybridized carbons (Fsp3) is 0.387. The highest BCUT2D eigenvalue weighted by Crippen LogP contribution is 2.68. The number of nitrogens with one attached hydrogen (secondary N) is 2. The largest absolute Gasteiger partial charge is 0.484 e. The topological polar surface area (TPSA) is 146 Å². The van der Waals surface area contributed by atoms with Crippen molar-refractivity contribution in [2.45, 2.75) is 35.2 Å². The van der Waals surface area contributed by atoms with Gasteiger partial charge in [-0.05, 0) is 54.0 Å². The molecule has 2 bridgehead atoms. The van der Waals surface area contributed by atoms with Gasteiger partial charge in [-0.15, -0.1) is 11.8 Å². The number of amides is 3. The van der Waals surface area contributed by atoms with Crippen LogP contribution in [0.1, 0.15) is 34.8 Å². The van der Waals surface area contributed by atoms with Crippen molar-refractivity contribution in [2.24, 2.45) is 29.6 Å². The summed E-state index contributed by atoms with van der Waals surface area (Å²) in [6.07, 6.45) is -4.26. The zero-order valence-electron chi connectivity index (χ0n) is 23.8. The maximum Gasteiger partial charge on any atom is 0.418 e. The number of benzene rings is 2. The van der Waals surface area contributed by atoms with E-state index in [0.29, 0.717) is 12.2 Å². The molecule has 0 radical (unpaired) electrons. The quantitative estimate of drug-likeness (QED) is 0.298. The Kier molecular flexibility index (Phi) is 7.50. The predicted octanol–water partition coefficient (Wildman–Crippen LogP) is 4.42. The first-order valence-corrected chi connectivity index (χ1v) is 16.3. The summed E-state index contributed by atoms with van der Waals surface area (Å²) in [4.78, 5) is 67.6. The molecule has 46 heavy (non-hydrogen) atoms. The lowest BCUT2D eigenvalue weighted by atomic mass is 9.68. The van der Waals surface area contributed by atoms with Gasteiger partial charge < -0.3 is 20.1 Å². The van der Waals surface area contributed by atoms with Crippen molar-refractivity contribution in [3.8, 4) is 5.75 Å². The molecule has 6 unspecified atom stereocenters. The van der Waals surface area contributed by atoms with Crippen molar-refractivity contribution in [1.29, 1.82) is 0 Å². The number of fused-ring (bicyclic) bond motifs is 9. The second-order valence-electron chi connectivity index (χ2n) is 11.9. The molecule has 15 heteroatoms. The SMILES string of the molecule is O=C(O)CCN1C(=O)C2C3CC(C2C1=O)C1C3Sc2[nH]c(=O)sc2[C@@H]1c1ccc(OCC(=O)Nc2ccccc2C(F)(F)F)cc1. The number of thiazole rings is 1. The van der Waals surface area contributed by atoms with E-state index < -0.39 is 42.1 Å². The van der Waals surface area contributed by atoms with Crippen LogP contribution in [0, 0.1) is 29.6 Å². The van der Waals surface area contributed by atoms with E-state index in [1.807, 2.05) is 12.1 Å². The van der Waals surface area contributed by atoms with Crippen LogP contribution >= 0.6 is 23.1 Å². The first-order valence-electron chi connectivity index (χ1n) is 14.6. The van der Waals surface area contributed by atoms with Crippen LogP contribution in [0.3, 0.4) is 0 Å². The number of nitrogens with zero attached hydrogens (tertiary/aromatic N) is 1. The van der Waals surface area contributed by atoms with E-state index in [1.165, 1.54) is 23.9 Å². The van der Waals surface area contributed by atoms with Gasteiger partial charge in [-0.1, -0.05) is 35.6 Å². The molecule has 3 heterocycles. The van der Waals surface area contributed by atoms with Gasteiger partial charge in [0.05, 0.1) is 34.5 Å². The number of carbonyl (C=O) groups excluding carboxylic acids is 3. The Morgan fingerprint density at radius 1 is 1.02 bits per heavy atom. The van der Waals surface area contributed by atoms with Gasteiger partial charge in [-0.2, -0.15) is 13.2 Å². The summed E-state index contributed by atoms with van der Waals surface area (Å²) in [5, 5.41) is 12.1. The van der Waals surface area contributed by atoms with Crippen molar-refractivity contribution in [3.63, 3.8) is 0 Å². The highest BCUT2D eigenvalue weighted by Gasteiger charge is 2.69. The number of anilines is 1. The average molecular weight is 674 g/mol. The minimum absolute atomic E-state index is 0.0376. The third-order valence-corrected chi connectivity index (χ3v) is 12.1. The summed E-state index contributed by atoms with van der Waals surface area (Å²) in [5.41, 5.74) is -0.483. The number of hydrogen-bond acceptors (Lipinski definition) is 8. The van der Waals surface area contributed by atoms with Crippen molar-refractivity contribution in [3.05, 3.63) is 74.2 Å². The monoisotopic (exact) mass is 673 g/mol. The van der Waals surface area contributed by atoms with Crippen LogP contribution in [0.15, 0.2) is 58.4 Å². The van der Waals surface area contributed by atoms with E-state index in [4.69, 9.17) is 9.84 Å². The average Bonchev–Trinajstić information content (AvgIpc) is 3.74. The Labute approximate surface area is 267 Å². The number of imide groups is 1. The Bertz CT molecular complexity index is 1810. The zero-order chi connectivity index (χ0) is 32.5. The highest BCUT2D eigenvalue weighted by molar-refractivity contribution is 8.00. The van der Waals surface area contributed by atoms with Crippen molar-refractivity contribution < 1.29 is 42.2 Å². The second kappa shape index (κ2) is 11.3. The highest BCUT2D eigenvalue weighted by atomic mass is 32.2. The van der Waals surface area contributed by atoms with Crippen LogP contribution in [0.5, 0.6) is 5.75 Å². The minimum Gasteiger partial charge on any atom is -0.484 e. The van der Waals surface area contributed by atoms with E-state index in [9.17, 15) is 37.1 Å². The lowest BCUT2D eigenvalue weighted by Gasteiger charge is -2.43. The molecule has 3 aromatic rings. The Morgan fingerprint density at radius 2 is 1.72 bits per heavy atom. The number of carboxylic acids is 1. The lowest BCUT2D eigenvalue weighted by Crippen LogP contribution is -2.42. The number of H-pyrrole nitrogens is 1. The molecule has 2 aliphatic carbocycles. The molecule has 7 atom stereocenters. The van der Waals surface area contributed by atoms with E-state index in [-0.39, 0.29) is 64.3 Å². The number of carboxylic acid groups (broad SMARTS) is 1. The van der Waals surface area contributed by atoms with Gasteiger partial charge in [-0.3, -0.25) is 28.9 Å². The number of halogens is 3. The van der Waals surface area contributed by atoms with Gasteiger partial charge in [0.2, 0.25) is 11.8 Å². The van der Waals surface area contributed by atoms with Crippen molar-refractivity contribution in [2.75, 3.05) is 18.5 Å². The van der Waals surface area contributed by atoms with Gasteiger partial charge >= 0.3 is 17.0 Å². The first-order chi connectivity index (χ1) is 21.9. The van der Waals surface area contributed by atoms with Gasteiger partial charge in [-0.25, -0.2) is 0 Å². The number of para-hydroxylation sites is 1. The van der Waals surface area contributed by atoms with Gasteiger partial charge in [0.15, 0.2) is 6.61 Å². The van der Waals surface area contributed by atoms with Gasteiger partial charge in [0.1, 0.15) is 5.75 Å². The number of alkyl halides is 3. The number of aromatic amines is 1. The maximum absolute atomic E-state index is 13.5. The number of aliphatic carboxylic acids is 1. The summed E-state index contributed by atoms with van der Waals surface area (Å²) in [5.74, 6) is -3.74. The molecule has 0 spiro atoms. The number of ether oxygens (including phenoxy) is 1. The minimum atomic E-state index is -4.63. The van der Waals surface area contributed by atoms with Gasteiger partial charge in [0, 0.05) is 22.6 Å². The Hall–Kier alpha value is -4.11. The predicted molar refractivity (Wildman–Crippen MR) is 159 cm³/mol. The standard InChI is InChI=1S/C31H26F3N3O7S2/c32-31(33,34)17-3-1-2-4-18(17)35-19(38)12-44-14-7-5-13(6-8-14)21-22-15-11-16(25(22)45-27-26(21)46-30(43)36-27)24-23(15)28(41)37(29(24)42)10-9-20(39)40/h1-8,15-16,21-25H,9-12H2,(H,35,38)(H,36,43)(H,39,40)/t15?,16?,21-,22?,23?,24?,25?/m1/s1.